The summed E-state index contributed by atoms with van der Waals surface area (Å²) in [7, 11) is 0. The third-order valence-corrected chi connectivity index (χ3v) is 5.04. The molecule has 0 aromatic carbocycles. The van der Waals surface area contributed by atoms with Gasteiger partial charge in [-0.15, -0.1) is 0 Å². The summed E-state index contributed by atoms with van der Waals surface area (Å²) in [5.41, 5.74) is 0.587. The van der Waals surface area contributed by atoms with Crippen molar-refractivity contribution in [3.05, 3.63) is 0 Å². The summed E-state index contributed by atoms with van der Waals surface area (Å²) in [4.78, 5) is 2.71. The maximum atomic E-state index is 5.68. The molecule has 2 atom stereocenters. The van der Waals surface area contributed by atoms with E-state index in [1.54, 1.807) is 0 Å². The van der Waals surface area contributed by atoms with Crippen LogP contribution in [0.25, 0.3) is 0 Å². The molecule has 1 N–H and O–H groups in total. The van der Waals surface area contributed by atoms with E-state index < -0.39 is 0 Å². The molecule has 3 nitrogen and oxygen atoms in total. The Hall–Kier alpha value is -0.120. The van der Waals surface area contributed by atoms with Gasteiger partial charge in [-0.25, -0.2) is 0 Å². The van der Waals surface area contributed by atoms with Crippen LogP contribution in [0.3, 0.4) is 0 Å². The second kappa shape index (κ2) is 5.71. The van der Waals surface area contributed by atoms with Crippen molar-refractivity contribution in [1.82, 2.24) is 10.2 Å². The average Bonchev–Trinajstić information content (AvgIpc) is 2.61. The van der Waals surface area contributed by atoms with Gasteiger partial charge in [0.2, 0.25) is 0 Å². The molecule has 1 saturated carbocycles. The van der Waals surface area contributed by atoms with E-state index in [1.165, 1.54) is 19.3 Å². The van der Waals surface area contributed by atoms with E-state index in [2.05, 4.69) is 44.8 Å². The zero-order valence-electron chi connectivity index (χ0n) is 13.5. The molecule has 1 aliphatic heterocycles. The normalized spacial score (nSPS) is 34.6. The van der Waals surface area contributed by atoms with Crippen LogP contribution in [-0.2, 0) is 4.74 Å². The highest BCUT2D eigenvalue weighted by atomic mass is 16.5. The fourth-order valence-electron chi connectivity index (χ4n) is 3.90. The predicted octanol–water partition coefficient (Wildman–Crippen LogP) is 2.65. The van der Waals surface area contributed by atoms with E-state index in [0.29, 0.717) is 17.5 Å². The topological polar surface area (TPSA) is 24.5 Å². The summed E-state index contributed by atoms with van der Waals surface area (Å²) < 4.78 is 5.68. The summed E-state index contributed by atoms with van der Waals surface area (Å²) in [6.45, 7) is 15.7. The van der Waals surface area contributed by atoms with E-state index in [-0.39, 0.29) is 5.54 Å². The second-order valence-electron chi connectivity index (χ2n) is 7.58. The number of nitrogens with zero attached hydrogens (tertiary/aromatic N) is 1. The molecular formula is C16H32N2O. The summed E-state index contributed by atoms with van der Waals surface area (Å²) in [5.74, 6) is 0. The molecule has 1 heterocycles. The SMILES string of the molecule is CCCNC1C(N2CCOCC2(C)C)CCC1(C)C. The van der Waals surface area contributed by atoms with Crippen LogP contribution in [-0.4, -0.2) is 48.8 Å². The predicted molar refractivity (Wildman–Crippen MR) is 80.5 cm³/mol. The van der Waals surface area contributed by atoms with Gasteiger partial charge in [0.15, 0.2) is 0 Å². The van der Waals surface area contributed by atoms with E-state index in [0.717, 1.165) is 26.3 Å². The molecule has 1 aliphatic carbocycles. The van der Waals surface area contributed by atoms with Gasteiger partial charge in [-0.05, 0) is 45.1 Å². The lowest BCUT2D eigenvalue weighted by Crippen LogP contribution is -2.62. The molecule has 1 saturated heterocycles. The van der Waals surface area contributed by atoms with Crippen LogP contribution >= 0.6 is 0 Å². The highest BCUT2D eigenvalue weighted by Gasteiger charge is 2.47. The number of rotatable bonds is 4. The third kappa shape index (κ3) is 3.14. The summed E-state index contributed by atoms with van der Waals surface area (Å²) in [5, 5.41) is 3.82. The van der Waals surface area contributed by atoms with Crippen LogP contribution in [0.1, 0.15) is 53.9 Å². The Morgan fingerprint density at radius 3 is 2.63 bits per heavy atom. The molecule has 2 aliphatic rings. The molecule has 0 aromatic heterocycles. The first-order valence-corrected chi connectivity index (χ1v) is 7.96. The van der Waals surface area contributed by atoms with Gasteiger partial charge in [0, 0.05) is 24.2 Å². The van der Waals surface area contributed by atoms with Gasteiger partial charge >= 0.3 is 0 Å². The van der Waals surface area contributed by atoms with Crippen LogP contribution in [0.4, 0.5) is 0 Å². The van der Waals surface area contributed by atoms with Crippen molar-refractivity contribution in [2.75, 3.05) is 26.3 Å². The Bertz CT molecular complexity index is 301. The van der Waals surface area contributed by atoms with Crippen LogP contribution in [0.2, 0.25) is 0 Å². The number of nitrogens with one attached hydrogen (secondary N) is 1. The molecule has 112 valence electrons. The first-order valence-electron chi connectivity index (χ1n) is 7.96. The van der Waals surface area contributed by atoms with Gasteiger partial charge in [-0.2, -0.15) is 0 Å². The first-order chi connectivity index (χ1) is 8.88. The summed E-state index contributed by atoms with van der Waals surface area (Å²) >= 11 is 0. The quantitative estimate of drug-likeness (QED) is 0.848. The Balaban J connectivity index is 2.13. The van der Waals surface area contributed by atoms with Gasteiger partial charge in [-0.3, -0.25) is 4.90 Å². The smallest absolute Gasteiger partial charge is 0.0645 e. The molecule has 0 amide bonds. The van der Waals surface area contributed by atoms with Crippen molar-refractivity contribution in [1.29, 1.82) is 0 Å². The number of hydrogen-bond donors (Lipinski definition) is 1. The van der Waals surface area contributed by atoms with Crippen LogP contribution < -0.4 is 5.32 Å². The van der Waals surface area contributed by atoms with Crippen molar-refractivity contribution in [2.24, 2.45) is 5.41 Å². The minimum atomic E-state index is 0.176. The second-order valence-corrected chi connectivity index (χ2v) is 7.58. The average molecular weight is 268 g/mol. The van der Waals surface area contributed by atoms with E-state index in [9.17, 15) is 0 Å². The number of hydrogen-bond acceptors (Lipinski definition) is 3. The van der Waals surface area contributed by atoms with Crippen molar-refractivity contribution >= 4 is 0 Å². The highest BCUT2D eigenvalue weighted by molar-refractivity contribution is 5.04. The largest absolute Gasteiger partial charge is 0.378 e. The van der Waals surface area contributed by atoms with Gasteiger partial charge in [-0.1, -0.05) is 20.8 Å². The van der Waals surface area contributed by atoms with Crippen molar-refractivity contribution in [3.8, 4) is 0 Å². The maximum absolute atomic E-state index is 5.68. The zero-order valence-corrected chi connectivity index (χ0v) is 13.5. The Morgan fingerprint density at radius 2 is 2.00 bits per heavy atom. The lowest BCUT2D eigenvalue weighted by Gasteiger charge is -2.48. The minimum absolute atomic E-state index is 0.176. The van der Waals surface area contributed by atoms with Crippen molar-refractivity contribution in [2.45, 2.75) is 71.5 Å². The summed E-state index contributed by atoms with van der Waals surface area (Å²) in [6.07, 6.45) is 3.86. The van der Waals surface area contributed by atoms with Gasteiger partial charge < -0.3 is 10.1 Å². The lowest BCUT2D eigenvalue weighted by molar-refractivity contribution is -0.0776. The lowest BCUT2D eigenvalue weighted by atomic mass is 9.85. The van der Waals surface area contributed by atoms with Crippen LogP contribution in [0.15, 0.2) is 0 Å². The number of ether oxygens (including phenoxy) is 1. The molecule has 0 bridgehead atoms. The Kier molecular flexibility index (Phi) is 4.59. The maximum Gasteiger partial charge on any atom is 0.0645 e. The fourth-order valence-corrected chi connectivity index (χ4v) is 3.90. The van der Waals surface area contributed by atoms with Crippen LogP contribution in [0.5, 0.6) is 0 Å². The van der Waals surface area contributed by atoms with E-state index >= 15 is 0 Å². The first kappa shape index (κ1) is 15.3. The monoisotopic (exact) mass is 268 g/mol. The van der Waals surface area contributed by atoms with E-state index in [4.69, 9.17) is 4.74 Å². The van der Waals surface area contributed by atoms with Gasteiger partial charge in [0.05, 0.1) is 13.2 Å². The third-order valence-electron chi connectivity index (χ3n) is 5.04. The van der Waals surface area contributed by atoms with Gasteiger partial charge in [0.1, 0.15) is 0 Å². The molecule has 0 radical (unpaired) electrons. The molecule has 2 unspecified atom stereocenters. The summed E-state index contributed by atoms with van der Waals surface area (Å²) in [6, 6.07) is 1.28. The number of morpholine rings is 1. The van der Waals surface area contributed by atoms with Crippen molar-refractivity contribution < 1.29 is 4.74 Å². The molecule has 19 heavy (non-hydrogen) atoms. The van der Waals surface area contributed by atoms with Crippen molar-refractivity contribution in [3.63, 3.8) is 0 Å². The standard InChI is InChI=1S/C16H32N2O/c1-6-9-17-14-13(7-8-15(14,2)3)18-10-11-19-12-16(18,4)5/h13-14,17H,6-12H2,1-5H3. The molecule has 2 fully saturated rings. The van der Waals surface area contributed by atoms with E-state index in [1.807, 2.05) is 0 Å². The van der Waals surface area contributed by atoms with Crippen LogP contribution in [0, 0.1) is 5.41 Å². The minimum Gasteiger partial charge on any atom is -0.378 e. The molecule has 0 spiro atoms. The zero-order chi connectivity index (χ0) is 14.1. The van der Waals surface area contributed by atoms with Gasteiger partial charge in [0.25, 0.3) is 0 Å². The molecule has 0 aromatic rings. The molecule has 2 rings (SSSR count). The highest BCUT2D eigenvalue weighted by Crippen LogP contribution is 2.42. The Labute approximate surface area is 119 Å². The fraction of sp³-hybridized carbons (Fsp3) is 1.00. The Morgan fingerprint density at radius 1 is 1.26 bits per heavy atom. The molecule has 3 heteroatoms. The molecular weight excluding hydrogens is 236 g/mol.